The highest BCUT2D eigenvalue weighted by molar-refractivity contribution is 9.11. The van der Waals surface area contributed by atoms with Gasteiger partial charge in [0.25, 0.3) is 0 Å². The Morgan fingerprint density at radius 2 is 1.94 bits per heavy atom. The van der Waals surface area contributed by atoms with Crippen LogP contribution in [0.3, 0.4) is 0 Å². The first-order valence-corrected chi connectivity index (χ1v) is 9.70. The van der Waals surface area contributed by atoms with Crippen LogP contribution in [0.4, 0.5) is 0 Å². The minimum absolute atomic E-state index is 0.117. The lowest BCUT2D eigenvalue weighted by atomic mass is 10.5. The van der Waals surface area contributed by atoms with Crippen molar-refractivity contribution in [3.05, 3.63) is 14.7 Å². The number of sulfone groups is 1. The van der Waals surface area contributed by atoms with E-state index in [1.165, 1.54) is 17.4 Å². The molecular formula is C8H12BrNO4S3. The maximum Gasteiger partial charge on any atom is 0.241 e. The van der Waals surface area contributed by atoms with Crippen molar-refractivity contribution in [1.82, 2.24) is 4.72 Å². The fourth-order valence-electron chi connectivity index (χ4n) is 1.14. The maximum atomic E-state index is 11.8. The van der Waals surface area contributed by atoms with Crippen molar-refractivity contribution in [2.75, 3.05) is 18.6 Å². The van der Waals surface area contributed by atoms with Crippen LogP contribution in [0.25, 0.3) is 0 Å². The number of halogens is 1. The fourth-order valence-corrected chi connectivity index (χ4v) is 5.18. The van der Waals surface area contributed by atoms with Crippen molar-refractivity contribution in [2.45, 2.75) is 11.8 Å². The average molecular weight is 362 g/mol. The normalized spacial score (nSPS) is 12.9. The number of sulfonamides is 1. The van der Waals surface area contributed by atoms with Crippen LogP contribution in [0.1, 0.15) is 4.88 Å². The summed E-state index contributed by atoms with van der Waals surface area (Å²) in [5.74, 6) is -0.212. The summed E-state index contributed by atoms with van der Waals surface area (Å²) in [5.41, 5.74) is 0. The standard InChI is InChI=1S/C8H12BrNO4S3/c1-6-7(5-8(9)15-6)17(13,14)10-3-4-16(2,11)12/h5,10H,3-4H2,1-2H3. The minimum Gasteiger partial charge on any atom is -0.229 e. The Hall–Kier alpha value is 0.0400. The first-order valence-electron chi connectivity index (χ1n) is 4.55. The highest BCUT2D eigenvalue weighted by atomic mass is 79.9. The first-order chi connectivity index (χ1) is 7.62. The van der Waals surface area contributed by atoms with Gasteiger partial charge in [0, 0.05) is 17.7 Å². The molecule has 98 valence electrons. The first kappa shape index (κ1) is 15.1. The van der Waals surface area contributed by atoms with Gasteiger partial charge in [-0.25, -0.2) is 21.6 Å². The summed E-state index contributed by atoms with van der Waals surface area (Å²) in [6, 6.07) is 1.50. The Morgan fingerprint density at radius 1 is 1.35 bits per heavy atom. The van der Waals surface area contributed by atoms with Crippen molar-refractivity contribution >= 4 is 47.1 Å². The summed E-state index contributed by atoms with van der Waals surface area (Å²) in [6.45, 7) is 1.58. The SMILES string of the molecule is Cc1sc(Br)cc1S(=O)(=O)NCCS(C)(=O)=O. The van der Waals surface area contributed by atoms with Gasteiger partial charge in [-0.1, -0.05) is 0 Å². The van der Waals surface area contributed by atoms with Crippen molar-refractivity contribution in [2.24, 2.45) is 0 Å². The van der Waals surface area contributed by atoms with E-state index in [-0.39, 0.29) is 17.2 Å². The molecule has 9 heteroatoms. The highest BCUT2D eigenvalue weighted by Gasteiger charge is 2.19. The molecule has 0 aliphatic carbocycles. The topological polar surface area (TPSA) is 80.3 Å². The Bertz CT molecular complexity index is 603. The Kier molecular flexibility index (Phi) is 4.75. The van der Waals surface area contributed by atoms with Crippen LogP contribution < -0.4 is 4.72 Å². The zero-order chi connectivity index (χ0) is 13.3. The molecule has 0 amide bonds. The van der Waals surface area contributed by atoms with Gasteiger partial charge in [0.2, 0.25) is 10.0 Å². The quantitative estimate of drug-likeness (QED) is 0.852. The molecule has 1 rings (SSSR count). The predicted octanol–water partition coefficient (Wildman–Crippen LogP) is 1.14. The van der Waals surface area contributed by atoms with Crippen LogP contribution in [-0.4, -0.2) is 35.4 Å². The van der Waals surface area contributed by atoms with Crippen molar-refractivity contribution in [3.63, 3.8) is 0 Å². The summed E-state index contributed by atoms with van der Waals surface area (Å²) in [6.07, 6.45) is 1.06. The second kappa shape index (κ2) is 5.35. The van der Waals surface area contributed by atoms with E-state index in [4.69, 9.17) is 0 Å². The number of thiophene rings is 1. The van der Waals surface area contributed by atoms with Crippen LogP contribution in [0.5, 0.6) is 0 Å². The summed E-state index contributed by atoms with van der Waals surface area (Å²) in [5, 5.41) is 0. The van der Waals surface area contributed by atoms with E-state index >= 15 is 0 Å². The lowest BCUT2D eigenvalue weighted by Crippen LogP contribution is -2.29. The summed E-state index contributed by atoms with van der Waals surface area (Å²) in [7, 11) is -6.79. The van der Waals surface area contributed by atoms with Gasteiger partial charge in [-0.3, -0.25) is 0 Å². The molecule has 5 nitrogen and oxygen atoms in total. The van der Waals surface area contributed by atoms with E-state index in [0.717, 1.165) is 10.0 Å². The van der Waals surface area contributed by atoms with Crippen LogP contribution >= 0.6 is 27.3 Å². The van der Waals surface area contributed by atoms with E-state index in [9.17, 15) is 16.8 Å². The fraction of sp³-hybridized carbons (Fsp3) is 0.500. The van der Waals surface area contributed by atoms with Crippen molar-refractivity contribution in [3.8, 4) is 0 Å². The highest BCUT2D eigenvalue weighted by Crippen LogP contribution is 2.29. The molecule has 0 bridgehead atoms. The van der Waals surface area contributed by atoms with Crippen LogP contribution in [0.15, 0.2) is 14.7 Å². The van der Waals surface area contributed by atoms with E-state index in [2.05, 4.69) is 20.7 Å². The number of hydrogen-bond donors (Lipinski definition) is 1. The van der Waals surface area contributed by atoms with Crippen LogP contribution in [-0.2, 0) is 19.9 Å². The molecule has 0 aliphatic heterocycles. The van der Waals surface area contributed by atoms with E-state index in [0.29, 0.717) is 4.88 Å². The minimum atomic E-state index is -3.63. The van der Waals surface area contributed by atoms with E-state index < -0.39 is 19.9 Å². The zero-order valence-corrected chi connectivity index (χ0v) is 13.3. The van der Waals surface area contributed by atoms with Crippen molar-refractivity contribution in [1.29, 1.82) is 0 Å². The molecule has 17 heavy (non-hydrogen) atoms. The molecular weight excluding hydrogens is 350 g/mol. The molecule has 0 saturated carbocycles. The number of hydrogen-bond acceptors (Lipinski definition) is 5. The van der Waals surface area contributed by atoms with Crippen LogP contribution in [0.2, 0.25) is 0 Å². The van der Waals surface area contributed by atoms with E-state index in [1.54, 1.807) is 6.92 Å². The summed E-state index contributed by atoms with van der Waals surface area (Å²) in [4.78, 5) is 0.839. The van der Waals surface area contributed by atoms with Gasteiger partial charge < -0.3 is 0 Å². The molecule has 0 fully saturated rings. The molecule has 1 aromatic heterocycles. The molecule has 0 saturated heterocycles. The van der Waals surface area contributed by atoms with Gasteiger partial charge >= 0.3 is 0 Å². The smallest absolute Gasteiger partial charge is 0.229 e. The Morgan fingerprint density at radius 3 is 2.35 bits per heavy atom. The van der Waals surface area contributed by atoms with E-state index in [1.807, 2.05) is 0 Å². The van der Waals surface area contributed by atoms with Crippen LogP contribution in [0, 0.1) is 6.92 Å². The summed E-state index contributed by atoms with van der Waals surface area (Å²) < 4.78 is 48.4. The Labute approximate surface area is 113 Å². The van der Waals surface area contributed by atoms with Gasteiger partial charge in [0.05, 0.1) is 14.4 Å². The lowest BCUT2D eigenvalue weighted by molar-refractivity contribution is 0.582. The third-order valence-corrected chi connectivity index (χ3v) is 6.11. The number of nitrogens with one attached hydrogen (secondary N) is 1. The van der Waals surface area contributed by atoms with Gasteiger partial charge in [-0.05, 0) is 28.9 Å². The molecule has 0 radical (unpaired) electrons. The molecule has 1 heterocycles. The largest absolute Gasteiger partial charge is 0.241 e. The van der Waals surface area contributed by atoms with Gasteiger partial charge in [-0.15, -0.1) is 11.3 Å². The molecule has 0 aromatic carbocycles. The Balaban J connectivity index is 2.80. The molecule has 0 spiro atoms. The maximum absolute atomic E-state index is 11.8. The molecule has 1 aromatic rings. The van der Waals surface area contributed by atoms with Crippen molar-refractivity contribution < 1.29 is 16.8 Å². The molecule has 0 atom stereocenters. The monoisotopic (exact) mass is 361 g/mol. The lowest BCUT2D eigenvalue weighted by Gasteiger charge is -2.05. The average Bonchev–Trinajstić information content (AvgIpc) is 2.43. The number of aryl methyl sites for hydroxylation is 1. The predicted molar refractivity (Wildman–Crippen MR) is 71.7 cm³/mol. The summed E-state index contributed by atoms with van der Waals surface area (Å²) >= 11 is 4.52. The molecule has 1 N–H and O–H groups in total. The molecule has 0 aliphatic rings. The third-order valence-electron chi connectivity index (χ3n) is 1.90. The zero-order valence-electron chi connectivity index (χ0n) is 9.23. The molecule has 0 unspecified atom stereocenters. The number of rotatable bonds is 5. The third kappa shape index (κ3) is 4.66. The van der Waals surface area contributed by atoms with Gasteiger partial charge in [-0.2, -0.15) is 0 Å². The van der Waals surface area contributed by atoms with Gasteiger partial charge in [0.1, 0.15) is 9.84 Å². The second-order valence-corrected chi connectivity index (χ2v) is 10.1. The van der Waals surface area contributed by atoms with Gasteiger partial charge in [0.15, 0.2) is 0 Å². The second-order valence-electron chi connectivity index (χ2n) is 3.50.